The fourth-order valence-corrected chi connectivity index (χ4v) is 1.87. The highest BCUT2D eigenvalue weighted by Crippen LogP contribution is 2.16. The van der Waals surface area contributed by atoms with Gasteiger partial charge in [0.15, 0.2) is 0 Å². The molecule has 0 saturated carbocycles. The normalized spacial score (nSPS) is 10.1. The van der Waals surface area contributed by atoms with Gasteiger partial charge < -0.3 is 10.3 Å². The van der Waals surface area contributed by atoms with Gasteiger partial charge in [0.05, 0.1) is 12.2 Å². The van der Waals surface area contributed by atoms with Crippen LogP contribution in [0, 0.1) is 0 Å². The Hall–Kier alpha value is -2.07. The first-order valence-corrected chi connectivity index (χ1v) is 6.06. The summed E-state index contributed by atoms with van der Waals surface area (Å²) in [7, 11) is 0. The number of hydrogen-bond acceptors (Lipinski definition) is 4. The van der Waals surface area contributed by atoms with Crippen LogP contribution in [0.2, 0.25) is 0 Å². The zero-order valence-corrected chi connectivity index (χ0v) is 10.5. The van der Waals surface area contributed by atoms with Crippen LogP contribution in [0.4, 0.5) is 11.5 Å². The maximum Gasteiger partial charge on any atom is 0.140 e. The van der Waals surface area contributed by atoms with E-state index < -0.39 is 0 Å². The van der Waals surface area contributed by atoms with Gasteiger partial charge in [-0.25, -0.2) is 10.8 Å². The number of pyridine rings is 1. The predicted octanol–water partition coefficient (Wildman–Crippen LogP) is 2.39. The summed E-state index contributed by atoms with van der Waals surface area (Å²) in [5.74, 6) is 6.06. The SMILES string of the molecule is CCN(Cc1cccc(NN)n1)c1ccccc1. The van der Waals surface area contributed by atoms with Gasteiger partial charge in [-0.1, -0.05) is 24.3 Å². The molecule has 18 heavy (non-hydrogen) atoms. The number of para-hydroxylation sites is 1. The van der Waals surface area contributed by atoms with E-state index in [4.69, 9.17) is 5.84 Å². The number of benzene rings is 1. The fourth-order valence-electron chi connectivity index (χ4n) is 1.87. The van der Waals surface area contributed by atoms with Gasteiger partial charge in [-0.3, -0.25) is 0 Å². The first kappa shape index (κ1) is 12.4. The summed E-state index contributed by atoms with van der Waals surface area (Å²) in [6.07, 6.45) is 0. The molecule has 2 aromatic rings. The predicted molar refractivity (Wildman–Crippen MR) is 75.2 cm³/mol. The third-order valence-corrected chi connectivity index (χ3v) is 2.81. The molecule has 2 rings (SSSR count). The molecular formula is C14H18N4. The number of aromatic nitrogens is 1. The van der Waals surface area contributed by atoms with Crippen molar-refractivity contribution in [3.8, 4) is 0 Å². The highest BCUT2D eigenvalue weighted by Gasteiger charge is 2.05. The van der Waals surface area contributed by atoms with Gasteiger partial charge in [-0.15, -0.1) is 0 Å². The molecule has 1 aromatic carbocycles. The smallest absolute Gasteiger partial charge is 0.140 e. The van der Waals surface area contributed by atoms with Crippen molar-refractivity contribution in [1.82, 2.24) is 4.98 Å². The third-order valence-electron chi connectivity index (χ3n) is 2.81. The summed E-state index contributed by atoms with van der Waals surface area (Å²) in [5, 5.41) is 0. The standard InChI is InChI=1S/C14H18N4/c1-2-18(13-8-4-3-5-9-13)11-12-7-6-10-14(16-12)17-15/h3-10H,2,11,15H2,1H3,(H,16,17). The second-order valence-corrected chi connectivity index (χ2v) is 4.01. The Labute approximate surface area is 107 Å². The number of nitrogens with two attached hydrogens (primary N) is 1. The van der Waals surface area contributed by atoms with Gasteiger partial charge in [0.2, 0.25) is 0 Å². The van der Waals surface area contributed by atoms with Crippen molar-refractivity contribution in [2.45, 2.75) is 13.5 Å². The molecule has 0 amide bonds. The lowest BCUT2D eigenvalue weighted by atomic mass is 10.2. The Balaban J connectivity index is 2.15. The number of nitrogens with zero attached hydrogens (tertiary/aromatic N) is 2. The maximum absolute atomic E-state index is 5.37. The molecule has 3 N–H and O–H groups in total. The van der Waals surface area contributed by atoms with Crippen molar-refractivity contribution in [3.05, 3.63) is 54.2 Å². The van der Waals surface area contributed by atoms with Crippen molar-refractivity contribution in [2.75, 3.05) is 16.9 Å². The van der Waals surface area contributed by atoms with Crippen LogP contribution in [-0.4, -0.2) is 11.5 Å². The summed E-state index contributed by atoms with van der Waals surface area (Å²) < 4.78 is 0. The molecule has 4 heteroatoms. The molecule has 0 unspecified atom stereocenters. The van der Waals surface area contributed by atoms with Crippen LogP contribution < -0.4 is 16.2 Å². The zero-order valence-electron chi connectivity index (χ0n) is 10.5. The van der Waals surface area contributed by atoms with Crippen molar-refractivity contribution in [3.63, 3.8) is 0 Å². The van der Waals surface area contributed by atoms with E-state index in [1.165, 1.54) is 5.69 Å². The van der Waals surface area contributed by atoms with Gasteiger partial charge in [-0.05, 0) is 31.2 Å². The van der Waals surface area contributed by atoms with Gasteiger partial charge in [0.1, 0.15) is 5.82 Å². The van der Waals surface area contributed by atoms with Crippen LogP contribution in [0.25, 0.3) is 0 Å². The first-order chi connectivity index (χ1) is 8.83. The highest BCUT2D eigenvalue weighted by molar-refractivity contribution is 5.46. The molecule has 0 saturated heterocycles. The molecule has 1 heterocycles. The van der Waals surface area contributed by atoms with E-state index in [-0.39, 0.29) is 0 Å². The van der Waals surface area contributed by atoms with Crippen molar-refractivity contribution >= 4 is 11.5 Å². The molecular weight excluding hydrogens is 224 g/mol. The highest BCUT2D eigenvalue weighted by atomic mass is 15.3. The molecule has 0 bridgehead atoms. The molecule has 0 spiro atoms. The van der Waals surface area contributed by atoms with Crippen LogP contribution in [0.3, 0.4) is 0 Å². The zero-order chi connectivity index (χ0) is 12.8. The van der Waals surface area contributed by atoms with Crippen LogP contribution in [0.5, 0.6) is 0 Å². The van der Waals surface area contributed by atoms with Gasteiger partial charge in [0, 0.05) is 12.2 Å². The minimum Gasteiger partial charge on any atom is -0.366 e. The number of anilines is 2. The number of nitrogens with one attached hydrogen (secondary N) is 1. The van der Waals surface area contributed by atoms with E-state index in [1.807, 2.05) is 36.4 Å². The number of rotatable bonds is 5. The number of hydrazine groups is 1. The maximum atomic E-state index is 5.37. The van der Waals surface area contributed by atoms with E-state index >= 15 is 0 Å². The summed E-state index contributed by atoms with van der Waals surface area (Å²) in [5.41, 5.74) is 4.77. The van der Waals surface area contributed by atoms with E-state index in [9.17, 15) is 0 Å². The molecule has 0 fully saturated rings. The van der Waals surface area contributed by atoms with Crippen LogP contribution >= 0.6 is 0 Å². The van der Waals surface area contributed by atoms with E-state index in [0.717, 1.165) is 18.8 Å². The largest absolute Gasteiger partial charge is 0.366 e. The van der Waals surface area contributed by atoms with Gasteiger partial charge in [0.25, 0.3) is 0 Å². The van der Waals surface area contributed by atoms with Gasteiger partial charge >= 0.3 is 0 Å². The fraction of sp³-hybridized carbons (Fsp3) is 0.214. The minimum atomic E-state index is 0.691. The minimum absolute atomic E-state index is 0.691. The monoisotopic (exact) mass is 242 g/mol. The Morgan fingerprint density at radius 2 is 1.89 bits per heavy atom. The topological polar surface area (TPSA) is 54.2 Å². The van der Waals surface area contributed by atoms with E-state index in [1.54, 1.807) is 0 Å². The summed E-state index contributed by atoms with van der Waals surface area (Å²) in [4.78, 5) is 6.69. The molecule has 0 radical (unpaired) electrons. The second kappa shape index (κ2) is 6.02. The first-order valence-electron chi connectivity index (χ1n) is 6.06. The number of hydrogen-bond donors (Lipinski definition) is 2. The number of nitrogen functional groups attached to an aromatic ring is 1. The average molecular weight is 242 g/mol. The van der Waals surface area contributed by atoms with Crippen LogP contribution in [-0.2, 0) is 6.54 Å². The molecule has 0 aliphatic rings. The van der Waals surface area contributed by atoms with Crippen molar-refractivity contribution < 1.29 is 0 Å². The van der Waals surface area contributed by atoms with E-state index in [0.29, 0.717) is 5.82 Å². The quantitative estimate of drug-likeness (QED) is 0.624. The molecule has 0 aliphatic heterocycles. The molecule has 94 valence electrons. The average Bonchev–Trinajstić information content (AvgIpc) is 2.46. The van der Waals surface area contributed by atoms with Gasteiger partial charge in [-0.2, -0.15) is 0 Å². The molecule has 4 nitrogen and oxygen atoms in total. The Morgan fingerprint density at radius 3 is 2.56 bits per heavy atom. The van der Waals surface area contributed by atoms with Crippen molar-refractivity contribution in [2.24, 2.45) is 5.84 Å². The summed E-state index contributed by atoms with van der Waals surface area (Å²) in [6, 6.07) is 16.1. The van der Waals surface area contributed by atoms with E-state index in [2.05, 4.69) is 34.4 Å². The lowest BCUT2D eigenvalue weighted by Crippen LogP contribution is -2.22. The molecule has 1 aromatic heterocycles. The second-order valence-electron chi connectivity index (χ2n) is 4.01. The third kappa shape index (κ3) is 2.99. The molecule has 0 aliphatic carbocycles. The Morgan fingerprint density at radius 1 is 1.11 bits per heavy atom. The summed E-state index contributed by atoms with van der Waals surface area (Å²) in [6.45, 7) is 3.85. The molecule has 0 atom stereocenters. The lowest BCUT2D eigenvalue weighted by Gasteiger charge is -2.22. The summed E-state index contributed by atoms with van der Waals surface area (Å²) >= 11 is 0. The lowest BCUT2D eigenvalue weighted by molar-refractivity contribution is 0.810. The van der Waals surface area contributed by atoms with Crippen molar-refractivity contribution in [1.29, 1.82) is 0 Å². The Kier molecular flexibility index (Phi) is 4.15. The van der Waals surface area contributed by atoms with Crippen LogP contribution in [0.1, 0.15) is 12.6 Å². The van der Waals surface area contributed by atoms with Crippen LogP contribution in [0.15, 0.2) is 48.5 Å². The Bertz CT molecular complexity index is 484.